The first kappa shape index (κ1) is 21.2. The highest BCUT2D eigenvalue weighted by atomic mass is 35.5. The summed E-state index contributed by atoms with van der Waals surface area (Å²) in [6.45, 7) is 0.634. The lowest BCUT2D eigenvalue weighted by Gasteiger charge is -2.11. The van der Waals surface area contributed by atoms with Gasteiger partial charge in [-0.25, -0.2) is 0 Å². The summed E-state index contributed by atoms with van der Waals surface area (Å²) in [5.74, 6) is 1.30. The Morgan fingerprint density at radius 2 is 1.71 bits per heavy atom. The van der Waals surface area contributed by atoms with Crippen molar-refractivity contribution >= 4 is 29.3 Å². The number of aromatic nitrogens is 3. The Kier molecular flexibility index (Phi) is 6.70. The van der Waals surface area contributed by atoms with Gasteiger partial charge in [-0.3, -0.25) is 9.36 Å². The second-order valence-corrected chi connectivity index (χ2v) is 8.28. The fourth-order valence-corrected chi connectivity index (χ4v) is 4.34. The van der Waals surface area contributed by atoms with E-state index in [2.05, 4.69) is 32.2 Å². The molecule has 0 aliphatic carbocycles. The first-order valence-electron chi connectivity index (χ1n) is 9.81. The Morgan fingerprint density at radius 3 is 2.48 bits per heavy atom. The van der Waals surface area contributed by atoms with Crippen LogP contribution in [-0.2, 0) is 12.3 Å². The normalized spacial score (nSPS) is 10.8. The van der Waals surface area contributed by atoms with Gasteiger partial charge in [-0.15, -0.1) is 10.2 Å². The van der Waals surface area contributed by atoms with Gasteiger partial charge in [0.1, 0.15) is 0 Å². The van der Waals surface area contributed by atoms with Gasteiger partial charge in [0.25, 0.3) is 5.91 Å². The molecule has 0 radical (unpaired) electrons. The quantitative estimate of drug-likeness (QED) is 0.390. The molecular weight excluding hydrogens is 428 g/mol. The summed E-state index contributed by atoms with van der Waals surface area (Å²) < 4.78 is 2.09. The number of nitrogens with zero attached hydrogens (tertiary/aromatic N) is 3. The summed E-state index contributed by atoms with van der Waals surface area (Å²) in [5.41, 5.74) is 3.68. The number of hydrogen-bond acceptors (Lipinski definition) is 4. The standard InChI is InChI=1S/C24H21ClN4OS/c1-26-23(30)19-11-7-10-18(14-19)16-31-24-28-27-22(20-12-5-6-13-21(20)25)29(24)15-17-8-3-2-4-9-17/h2-14H,15-16H2,1H3,(H,26,30). The van der Waals surface area contributed by atoms with Crippen LogP contribution in [0.4, 0.5) is 0 Å². The molecule has 0 unspecified atom stereocenters. The molecule has 0 saturated heterocycles. The van der Waals surface area contributed by atoms with Gasteiger partial charge < -0.3 is 5.32 Å². The molecule has 1 amide bonds. The van der Waals surface area contributed by atoms with Crippen LogP contribution >= 0.6 is 23.4 Å². The van der Waals surface area contributed by atoms with Gasteiger partial charge in [-0.05, 0) is 35.4 Å². The molecule has 0 fully saturated rings. The van der Waals surface area contributed by atoms with Crippen molar-refractivity contribution < 1.29 is 4.79 Å². The third-order valence-corrected chi connectivity index (χ3v) is 6.17. The fraction of sp³-hybridized carbons (Fsp3) is 0.125. The number of nitrogens with one attached hydrogen (secondary N) is 1. The van der Waals surface area contributed by atoms with Crippen LogP contribution in [0, 0.1) is 0 Å². The Labute approximate surface area is 190 Å². The maximum atomic E-state index is 11.9. The van der Waals surface area contributed by atoms with Crippen LogP contribution in [0.1, 0.15) is 21.5 Å². The number of benzene rings is 3. The summed E-state index contributed by atoms with van der Waals surface area (Å²) in [4.78, 5) is 11.9. The Balaban J connectivity index is 1.65. The highest BCUT2D eigenvalue weighted by Crippen LogP contribution is 2.31. The van der Waals surface area contributed by atoms with Crippen LogP contribution in [0.15, 0.2) is 84.0 Å². The fourth-order valence-electron chi connectivity index (χ4n) is 3.24. The first-order valence-corrected chi connectivity index (χ1v) is 11.2. The minimum Gasteiger partial charge on any atom is -0.355 e. The lowest BCUT2D eigenvalue weighted by Crippen LogP contribution is -2.17. The van der Waals surface area contributed by atoms with Crippen molar-refractivity contribution in [3.63, 3.8) is 0 Å². The van der Waals surface area contributed by atoms with Gasteiger partial charge >= 0.3 is 0 Å². The maximum absolute atomic E-state index is 11.9. The predicted molar refractivity (Wildman–Crippen MR) is 125 cm³/mol. The van der Waals surface area contributed by atoms with Gasteiger partial charge in [0, 0.05) is 23.9 Å². The maximum Gasteiger partial charge on any atom is 0.251 e. The van der Waals surface area contributed by atoms with Crippen LogP contribution in [0.3, 0.4) is 0 Å². The van der Waals surface area contributed by atoms with Crippen molar-refractivity contribution in [2.45, 2.75) is 17.5 Å². The molecule has 1 N–H and O–H groups in total. The molecule has 3 aromatic carbocycles. The van der Waals surface area contributed by atoms with Gasteiger partial charge in [0.15, 0.2) is 11.0 Å². The number of hydrogen-bond donors (Lipinski definition) is 1. The van der Waals surface area contributed by atoms with E-state index < -0.39 is 0 Å². The molecule has 1 heterocycles. The molecular formula is C24H21ClN4OS. The monoisotopic (exact) mass is 448 g/mol. The van der Waals surface area contributed by atoms with Gasteiger partial charge in [0.05, 0.1) is 11.6 Å². The van der Waals surface area contributed by atoms with Crippen molar-refractivity contribution in [3.8, 4) is 11.4 Å². The summed E-state index contributed by atoms with van der Waals surface area (Å²) in [7, 11) is 1.63. The zero-order valence-corrected chi connectivity index (χ0v) is 18.5. The van der Waals surface area contributed by atoms with Crippen LogP contribution in [-0.4, -0.2) is 27.7 Å². The number of thioether (sulfide) groups is 1. The van der Waals surface area contributed by atoms with Gasteiger partial charge in [0.2, 0.25) is 0 Å². The molecule has 156 valence electrons. The van der Waals surface area contributed by atoms with Crippen molar-refractivity contribution in [2.75, 3.05) is 7.05 Å². The van der Waals surface area contributed by atoms with E-state index in [0.717, 1.165) is 27.7 Å². The second kappa shape index (κ2) is 9.81. The minimum absolute atomic E-state index is 0.0971. The molecule has 0 spiro atoms. The SMILES string of the molecule is CNC(=O)c1cccc(CSc2nnc(-c3ccccc3Cl)n2Cc2ccccc2)c1. The number of amides is 1. The van der Waals surface area contributed by atoms with Crippen LogP contribution in [0.25, 0.3) is 11.4 Å². The number of carbonyl (C=O) groups excluding carboxylic acids is 1. The molecule has 4 rings (SSSR count). The zero-order valence-electron chi connectivity index (χ0n) is 17.0. The molecule has 4 aromatic rings. The van der Waals surface area contributed by atoms with Crippen LogP contribution in [0.5, 0.6) is 0 Å². The molecule has 0 bridgehead atoms. The summed E-state index contributed by atoms with van der Waals surface area (Å²) in [5, 5.41) is 13.0. The lowest BCUT2D eigenvalue weighted by molar-refractivity contribution is 0.0963. The van der Waals surface area contributed by atoms with E-state index in [1.54, 1.807) is 24.9 Å². The summed E-state index contributed by atoms with van der Waals surface area (Å²) >= 11 is 8.03. The number of carbonyl (C=O) groups is 1. The van der Waals surface area contributed by atoms with E-state index in [0.29, 0.717) is 22.9 Å². The van der Waals surface area contributed by atoms with E-state index in [1.165, 1.54) is 0 Å². The van der Waals surface area contributed by atoms with Crippen molar-refractivity contribution in [2.24, 2.45) is 0 Å². The van der Waals surface area contributed by atoms with E-state index >= 15 is 0 Å². The smallest absolute Gasteiger partial charge is 0.251 e. The topological polar surface area (TPSA) is 59.8 Å². The number of rotatable bonds is 7. The minimum atomic E-state index is -0.0971. The largest absolute Gasteiger partial charge is 0.355 e. The van der Waals surface area contributed by atoms with Crippen molar-refractivity contribution in [1.82, 2.24) is 20.1 Å². The third kappa shape index (κ3) is 4.98. The average Bonchev–Trinajstić information content (AvgIpc) is 3.20. The summed E-state index contributed by atoms with van der Waals surface area (Å²) in [6.07, 6.45) is 0. The highest BCUT2D eigenvalue weighted by Gasteiger charge is 2.17. The van der Waals surface area contributed by atoms with Crippen LogP contribution in [0.2, 0.25) is 5.02 Å². The molecule has 31 heavy (non-hydrogen) atoms. The molecule has 0 aliphatic rings. The van der Waals surface area contributed by atoms with E-state index in [1.807, 2.05) is 60.7 Å². The number of halogens is 1. The summed E-state index contributed by atoms with van der Waals surface area (Å²) in [6, 6.07) is 25.5. The van der Waals surface area contributed by atoms with E-state index in [9.17, 15) is 4.79 Å². The van der Waals surface area contributed by atoms with Crippen molar-refractivity contribution in [1.29, 1.82) is 0 Å². The molecule has 0 aliphatic heterocycles. The molecule has 0 atom stereocenters. The Bertz CT molecular complexity index is 1190. The van der Waals surface area contributed by atoms with Crippen LogP contribution < -0.4 is 5.32 Å². The van der Waals surface area contributed by atoms with E-state index in [4.69, 9.17) is 11.6 Å². The third-order valence-electron chi connectivity index (χ3n) is 4.80. The first-order chi connectivity index (χ1) is 15.2. The molecule has 0 saturated carbocycles. The van der Waals surface area contributed by atoms with Crippen molar-refractivity contribution in [3.05, 3.63) is 101 Å². The predicted octanol–water partition coefficient (Wildman–Crippen LogP) is 5.30. The molecule has 7 heteroatoms. The second-order valence-electron chi connectivity index (χ2n) is 6.93. The van der Waals surface area contributed by atoms with E-state index in [-0.39, 0.29) is 5.91 Å². The zero-order chi connectivity index (χ0) is 21.6. The molecule has 1 aromatic heterocycles. The Hall–Kier alpha value is -3.09. The lowest BCUT2D eigenvalue weighted by atomic mass is 10.1. The van der Waals surface area contributed by atoms with Gasteiger partial charge in [-0.1, -0.05) is 78.0 Å². The average molecular weight is 449 g/mol. The van der Waals surface area contributed by atoms with Gasteiger partial charge in [-0.2, -0.15) is 0 Å². The Morgan fingerprint density at radius 1 is 0.968 bits per heavy atom. The molecule has 5 nitrogen and oxygen atoms in total. The highest BCUT2D eigenvalue weighted by molar-refractivity contribution is 7.98.